The van der Waals surface area contributed by atoms with Gasteiger partial charge in [0, 0.05) is 10.6 Å². The number of methoxy groups -OCH3 is 1. The van der Waals surface area contributed by atoms with Crippen molar-refractivity contribution in [3.05, 3.63) is 53.6 Å². The van der Waals surface area contributed by atoms with Gasteiger partial charge in [0.15, 0.2) is 0 Å². The van der Waals surface area contributed by atoms with E-state index in [9.17, 15) is 9.59 Å². The van der Waals surface area contributed by atoms with E-state index >= 15 is 0 Å². The van der Waals surface area contributed by atoms with Gasteiger partial charge in [-0.3, -0.25) is 10.1 Å². The normalized spacial score (nSPS) is 10.1. The average Bonchev–Trinajstić information content (AvgIpc) is 2.57. The number of aryl methyl sites for hydroxylation is 1. The maximum absolute atomic E-state index is 11.9. The summed E-state index contributed by atoms with van der Waals surface area (Å²) in [5.41, 5.74) is 2.75. The molecule has 0 aliphatic carbocycles. The minimum Gasteiger partial charge on any atom is -0.497 e. The summed E-state index contributed by atoms with van der Waals surface area (Å²) in [4.78, 5) is 24.7. The van der Waals surface area contributed by atoms with Crippen LogP contribution in [0.25, 0.3) is 0 Å². The van der Waals surface area contributed by atoms with Gasteiger partial charge in [-0.05, 0) is 55.3 Å². The van der Waals surface area contributed by atoms with Gasteiger partial charge in [-0.1, -0.05) is 12.1 Å². The number of rotatable bonds is 5. The molecule has 0 fully saturated rings. The summed E-state index contributed by atoms with van der Waals surface area (Å²) in [6.07, 6.45) is 0. The van der Waals surface area contributed by atoms with Crippen molar-refractivity contribution < 1.29 is 14.3 Å². The quantitative estimate of drug-likeness (QED) is 0.811. The fourth-order valence-electron chi connectivity index (χ4n) is 2.02. The summed E-state index contributed by atoms with van der Waals surface area (Å²) in [7, 11) is 1.60. The van der Waals surface area contributed by atoms with Crippen LogP contribution in [-0.4, -0.2) is 24.8 Å². The second-order valence-corrected chi connectivity index (χ2v) is 6.26. The Balaban J connectivity index is 1.83. The lowest BCUT2D eigenvalue weighted by Crippen LogP contribution is -2.35. The predicted molar refractivity (Wildman–Crippen MR) is 96.8 cm³/mol. The molecule has 2 aromatic carbocycles. The lowest BCUT2D eigenvalue weighted by molar-refractivity contribution is -0.117. The third-order valence-electron chi connectivity index (χ3n) is 3.54. The monoisotopic (exact) mass is 344 g/mol. The van der Waals surface area contributed by atoms with Crippen molar-refractivity contribution in [1.29, 1.82) is 0 Å². The number of hydrogen-bond donors (Lipinski definition) is 2. The van der Waals surface area contributed by atoms with E-state index in [0.29, 0.717) is 5.69 Å². The standard InChI is InChI=1S/C18H20N2O3S/c1-12-5-4-6-16(13(12)2)19-18(22)20-17(21)11-24-15-9-7-14(23-3)8-10-15/h4-10H,11H2,1-3H3,(H2,19,20,21,22). The van der Waals surface area contributed by atoms with Crippen molar-refractivity contribution in [1.82, 2.24) is 5.32 Å². The second kappa shape index (κ2) is 8.40. The van der Waals surface area contributed by atoms with Crippen LogP contribution < -0.4 is 15.4 Å². The van der Waals surface area contributed by atoms with Crippen LogP contribution in [0.1, 0.15) is 11.1 Å². The SMILES string of the molecule is COc1ccc(SCC(=O)NC(=O)Nc2cccc(C)c2C)cc1. The van der Waals surface area contributed by atoms with Crippen LogP contribution in [0.4, 0.5) is 10.5 Å². The summed E-state index contributed by atoms with van der Waals surface area (Å²) in [5.74, 6) is 0.572. The van der Waals surface area contributed by atoms with Gasteiger partial charge >= 0.3 is 6.03 Å². The molecule has 0 unspecified atom stereocenters. The minimum absolute atomic E-state index is 0.159. The van der Waals surface area contributed by atoms with Crippen LogP contribution >= 0.6 is 11.8 Å². The maximum Gasteiger partial charge on any atom is 0.325 e. The van der Waals surface area contributed by atoms with Crippen molar-refractivity contribution in [2.45, 2.75) is 18.7 Å². The van der Waals surface area contributed by atoms with Gasteiger partial charge in [-0.25, -0.2) is 4.79 Å². The Hall–Kier alpha value is -2.47. The molecule has 0 spiro atoms. The van der Waals surface area contributed by atoms with E-state index in [2.05, 4.69) is 10.6 Å². The Morgan fingerprint density at radius 3 is 2.46 bits per heavy atom. The molecular weight excluding hydrogens is 324 g/mol. The molecular formula is C18H20N2O3S. The number of carbonyl (C=O) groups is 2. The third-order valence-corrected chi connectivity index (χ3v) is 4.55. The van der Waals surface area contributed by atoms with E-state index in [-0.39, 0.29) is 11.7 Å². The van der Waals surface area contributed by atoms with Crippen molar-refractivity contribution in [2.75, 3.05) is 18.2 Å². The van der Waals surface area contributed by atoms with Crippen LogP contribution in [-0.2, 0) is 4.79 Å². The first-order chi connectivity index (χ1) is 11.5. The van der Waals surface area contributed by atoms with Crippen LogP contribution in [0.5, 0.6) is 5.75 Å². The molecule has 2 N–H and O–H groups in total. The number of benzene rings is 2. The minimum atomic E-state index is -0.524. The fourth-order valence-corrected chi connectivity index (χ4v) is 2.72. The van der Waals surface area contributed by atoms with E-state index in [1.54, 1.807) is 13.2 Å². The van der Waals surface area contributed by atoms with Gasteiger partial charge in [0.2, 0.25) is 5.91 Å². The number of thioether (sulfide) groups is 1. The summed E-state index contributed by atoms with van der Waals surface area (Å²) in [5, 5.41) is 5.03. The molecule has 6 heteroatoms. The molecule has 0 bridgehead atoms. The lowest BCUT2D eigenvalue weighted by Gasteiger charge is -2.10. The molecule has 2 aromatic rings. The van der Waals surface area contributed by atoms with Crippen molar-refractivity contribution in [3.63, 3.8) is 0 Å². The highest BCUT2D eigenvalue weighted by atomic mass is 32.2. The van der Waals surface area contributed by atoms with Crippen molar-refractivity contribution in [3.8, 4) is 5.75 Å². The van der Waals surface area contributed by atoms with E-state index in [4.69, 9.17) is 4.74 Å². The van der Waals surface area contributed by atoms with Gasteiger partial charge in [0.05, 0.1) is 12.9 Å². The smallest absolute Gasteiger partial charge is 0.325 e. The van der Waals surface area contributed by atoms with E-state index in [1.807, 2.05) is 50.2 Å². The zero-order valence-electron chi connectivity index (χ0n) is 13.9. The number of anilines is 1. The molecule has 2 rings (SSSR count). The van der Waals surface area contributed by atoms with E-state index in [1.165, 1.54) is 11.8 Å². The number of carbonyl (C=O) groups excluding carboxylic acids is 2. The average molecular weight is 344 g/mol. The highest BCUT2D eigenvalue weighted by molar-refractivity contribution is 8.00. The Morgan fingerprint density at radius 2 is 1.79 bits per heavy atom. The van der Waals surface area contributed by atoms with Gasteiger partial charge < -0.3 is 10.1 Å². The molecule has 24 heavy (non-hydrogen) atoms. The first-order valence-electron chi connectivity index (χ1n) is 7.43. The Morgan fingerprint density at radius 1 is 1.08 bits per heavy atom. The van der Waals surface area contributed by atoms with E-state index < -0.39 is 6.03 Å². The molecule has 0 atom stereocenters. The molecule has 5 nitrogen and oxygen atoms in total. The molecule has 3 amide bonds. The Labute approximate surface area is 145 Å². The van der Waals surface area contributed by atoms with Crippen LogP contribution in [0.3, 0.4) is 0 Å². The van der Waals surface area contributed by atoms with Crippen LogP contribution in [0.15, 0.2) is 47.4 Å². The number of hydrogen-bond acceptors (Lipinski definition) is 4. The fraction of sp³-hybridized carbons (Fsp3) is 0.222. The highest BCUT2D eigenvalue weighted by Crippen LogP contribution is 2.21. The first kappa shape index (κ1) is 17.9. The topological polar surface area (TPSA) is 67.4 Å². The van der Waals surface area contributed by atoms with Gasteiger partial charge in [0.25, 0.3) is 0 Å². The van der Waals surface area contributed by atoms with Crippen LogP contribution in [0.2, 0.25) is 0 Å². The lowest BCUT2D eigenvalue weighted by atomic mass is 10.1. The number of imide groups is 1. The zero-order chi connectivity index (χ0) is 17.5. The number of ether oxygens (including phenoxy) is 1. The molecule has 0 saturated carbocycles. The molecule has 0 heterocycles. The number of urea groups is 1. The molecule has 0 aliphatic heterocycles. The summed E-state index contributed by atoms with van der Waals surface area (Å²) >= 11 is 1.35. The molecule has 0 saturated heterocycles. The highest BCUT2D eigenvalue weighted by Gasteiger charge is 2.10. The summed E-state index contributed by atoms with van der Waals surface area (Å²) in [6, 6.07) is 12.5. The zero-order valence-corrected chi connectivity index (χ0v) is 14.7. The Kier molecular flexibility index (Phi) is 6.26. The summed E-state index contributed by atoms with van der Waals surface area (Å²) < 4.78 is 5.08. The molecule has 0 aliphatic rings. The van der Waals surface area contributed by atoms with Crippen molar-refractivity contribution in [2.24, 2.45) is 0 Å². The molecule has 126 valence electrons. The van der Waals surface area contributed by atoms with Crippen LogP contribution in [0, 0.1) is 13.8 Å². The van der Waals surface area contributed by atoms with Crippen molar-refractivity contribution >= 4 is 29.4 Å². The van der Waals surface area contributed by atoms with E-state index in [0.717, 1.165) is 21.8 Å². The van der Waals surface area contributed by atoms with Gasteiger partial charge in [-0.15, -0.1) is 11.8 Å². The van der Waals surface area contributed by atoms with Gasteiger partial charge in [-0.2, -0.15) is 0 Å². The Bertz CT molecular complexity index is 730. The molecule has 0 radical (unpaired) electrons. The van der Waals surface area contributed by atoms with Gasteiger partial charge in [0.1, 0.15) is 5.75 Å². The number of amides is 3. The predicted octanol–water partition coefficient (Wildman–Crippen LogP) is 3.75. The first-order valence-corrected chi connectivity index (χ1v) is 8.42. The third kappa shape index (κ3) is 5.03. The number of nitrogens with one attached hydrogen (secondary N) is 2. The largest absolute Gasteiger partial charge is 0.497 e. The molecule has 0 aromatic heterocycles. The second-order valence-electron chi connectivity index (χ2n) is 5.21. The summed E-state index contributed by atoms with van der Waals surface area (Å²) in [6.45, 7) is 3.89. The maximum atomic E-state index is 11.9.